The second-order valence-electron chi connectivity index (χ2n) is 4.19. The molecule has 0 atom stereocenters. The van der Waals surface area contributed by atoms with Crippen molar-refractivity contribution in [3.8, 4) is 0 Å². The topological polar surface area (TPSA) is 55.4 Å². The van der Waals surface area contributed by atoms with Gasteiger partial charge in [0, 0.05) is 5.02 Å². The molecule has 1 aromatic rings. The maximum atomic E-state index is 12.0. The van der Waals surface area contributed by atoms with Gasteiger partial charge in [-0.25, -0.2) is 4.79 Å². The van der Waals surface area contributed by atoms with Gasteiger partial charge in [-0.1, -0.05) is 23.2 Å². The zero-order valence-electron chi connectivity index (χ0n) is 10.2. The quantitative estimate of drug-likeness (QED) is 0.871. The molecule has 98 valence electrons. The molecule has 0 unspecified atom stereocenters. The van der Waals surface area contributed by atoms with Crippen LogP contribution in [0.15, 0.2) is 18.2 Å². The number of benzene rings is 1. The highest BCUT2D eigenvalue weighted by molar-refractivity contribution is 6.36. The predicted molar refractivity (Wildman–Crippen MR) is 70.0 cm³/mol. The summed E-state index contributed by atoms with van der Waals surface area (Å²) in [7, 11) is 1.26. The lowest BCUT2D eigenvalue weighted by molar-refractivity contribution is -0.146. The molecule has 1 N–H and O–H groups in total. The molecule has 0 bridgehead atoms. The van der Waals surface area contributed by atoms with E-state index in [4.69, 9.17) is 23.2 Å². The second kappa shape index (κ2) is 5.59. The van der Waals surface area contributed by atoms with Gasteiger partial charge >= 0.3 is 5.97 Å². The van der Waals surface area contributed by atoms with E-state index in [9.17, 15) is 9.59 Å². The molecule has 4 nitrogen and oxygen atoms in total. The van der Waals surface area contributed by atoms with Crippen molar-refractivity contribution in [2.45, 2.75) is 19.4 Å². The van der Waals surface area contributed by atoms with Gasteiger partial charge in [0.1, 0.15) is 5.54 Å². The van der Waals surface area contributed by atoms with E-state index in [2.05, 4.69) is 10.1 Å². The van der Waals surface area contributed by atoms with Gasteiger partial charge in [-0.15, -0.1) is 0 Å². The van der Waals surface area contributed by atoms with E-state index in [-0.39, 0.29) is 10.6 Å². The van der Waals surface area contributed by atoms with Crippen LogP contribution in [-0.2, 0) is 9.53 Å². The SMILES string of the molecule is COC(=O)C(C)(C)NC(=O)c1ccc(Cl)cc1Cl. The van der Waals surface area contributed by atoms with Gasteiger partial charge in [0.25, 0.3) is 5.91 Å². The summed E-state index contributed by atoms with van der Waals surface area (Å²) in [4.78, 5) is 23.4. The molecular weight excluding hydrogens is 277 g/mol. The Morgan fingerprint density at radius 1 is 1.28 bits per heavy atom. The number of ether oxygens (including phenoxy) is 1. The lowest BCUT2D eigenvalue weighted by Crippen LogP contribution is -2.50. The summed E-state index contributed by atoms with van der Waals surface area (Å²) in [6, 6.07) is 4.50. The van der Waals surface area contributed by atoms with Crippen LogP contribution in [0.3, 0.4) is 0 Å². The Bertz CT molecular complexity index is 486. The van der Waals surface area contributed by atoms with E-state index >= 15 is 0 Å². The number of rotatable bonds is 3. The Hall–Kier alpha value is -1.26. The summed E-state index contributed by atoms with van der Waals surface area (Å²) in [5, 5.41) is 3.20. The average Bonchev–Trinajstić information content (AvgIpc) is 2.26. The third-order valence-electron chi connectivity index (χ3n) is 2.30. The molecule has 1 rings (SSSR count). The molecule has 0 aliphatic rings. The number of halogens is 2. The van der Waals surface area contributed by atoms with Gasteiger partial charge in [-0.3, -0.25) is 4.79 Å². The summed E-state index contributed by atoms with van der Waals surface area (Å²) >= 11 is 11.6. The lowest BCUT2D eigenvalue weighted by atomic mass is 10.1. The first-order valence-electron chi connectivity index (χ1n) is 5.14. The third kappa shape index (κ3) is 3.37. The maximum absolute atomic E-state index is 12.0. The number of hydrogen-bond acceptors (Lipinski definition) is 3. The number of carbonyl (C=O) groups is 2. The summed E-state index contributed by atoms with van der Waals surface area (Å²) in [6.45, 7) is 3.08. The molecule has 0 saturated carbocycles. The average molecular weight is 290 g/mol. The van der Waals surface area contributed by atoms with Crippen LogP contribution in [0.25, 0.3) is 0 Å². The normalized spacial score (nSPS) is 10.9. The van der Waals surface area contributed by atoms with Crippen molar-refractivity contribution in [3.05, 3.63) is 33.8 Å². The first kappa shape index (κ1) is 14.8. The number of carbonyl (C=O) groups excluding carboxylic acids is 2. The molecule has 0 heterocycles. The van der Waals surface area contributed by atoms with Crippen LogP contribution in [0.2, 0.25) is 10.0 Å². The van der Waals surface area contributed by atoms with Crippen LogP contribution >= 0.6 is 23.2 Å². The largest absolute Gasteiger partial charge is 0.467 e. The number of amides is 1. The van der Waals surface area contributed by atoms with E-state index in [1.165, 1.54) is 19.2 Å². The van der Waals surface area contributed by atoms with Crippen LogP contribution in [0.5, 0.6) is 0 Å². The van der Waals surface area contributed by atoms with Gasteiger partial charge < -0.3 is 10.1 Å². The highest BCUT2D eigenvalue weighted by Crippen LogP contribution is 2.21. The van der Waals surface area contributed by atoms with Gasteiger partial charge in [0.2, 0.25) is 0 Å². The van der Waals surface area contributed by atoms with Crippen LogP contribution in [0.4, 0.5) is 0 Å². The Labute approximate surface area is 115 Å². The zero-order chi connectivity index (χ0) is 13.9. The van der Waals surface area contributed by atoms with Crippen molar-refractivity contribution in [2.24, 2.45) is 0 Å². The molecule has 0 saturated heterocycles. The van der Waals surface area contributed by atoms with Gasteiger partial charge in [0.15, 0.2) is 0 Å². The smallest absolute Gasteiger partial charge is 0.330 e. The fraction of sp³-hybridized carbons (Fsp3) is 0.333. The molecule has 18 heavy (non-hydrogen) atoms. The predicted octanol–water partition coefficient (Wildman–Crippen LogP) is 2.67. The summed E-state index contributed by atoms with van der Waals surface area (Å²) in [5.41, 5.74) is -0.882. The van der Waals surface area contributed by atoms with Crippen LogP contribution in [0.1, 0.15) is 24.2 Å². The Morgan fingerprint density at radius 2 is 1.89 bits per heavy atom. The highest BCUT2D eigenvalue weighted by atomic mass is 35.5. The Morgan fingerprint density at radius 3 is 2.39 bits per heavy atom. The number of nitrogens with one attached hydrogen (secondary N) is 1. The zero-order valence-corrected chi connectivity index (χ0v) is 11.7. The van der Waals surface area contributed by atoms with E-state index in [1.54, 1.807) is 19.9 Å². The Balaban J connectivity index is 2.92. The molecule has 0 aliphatic carbocycles. The minimum atomic E-state index is -1.13. The molecule has 0 spiro atoms. The summed E-state index contributed by atoms with van der Waals surface area (Å²) < 4.78 is 4.59. The van der Waals surface area contributed by atoms with Crippen LogP contribution < -0.4 is 5.32 Å². The lowest BCUT2D eigenvalue weighted by Gasteiger charge is -2.23. The number of esters is 1. The molecule has 1 amide bonds. The van der Waals surface area contributed by atoms with E-state index in [1.807, 2.05) is 0 Å². The molecule has 6 heteroatoms. The molecule has 0 aliphatic heterocycles. The van der Waals surface area contributed by atoms with Gasteiger partial charge in [-0.05, 0) is 32.0 Å². The molecule has 0 aromatic heterocycles. The Kier molecular flexibility index (Phi) is 4.59. The van der Waals surface area contributed by atoms with Crippen molar-refractivity contribution in [1.29, 1.82) is 0 Å². The summed E-state index contributed by atoms with van der Waals surface area (Å²) in [5.74, 6) is -1.01. The van der Waals surface area contributed by atoms with E-state index < -0.39 is 17.4 Å². The first-order valence-corrected chi connectivity index (χ1v) is 5.89. The summed E-state index contributed by atoms with van der Waals surface area (Å²) in [6.07, 6.45) is 0. The maximum Gasteiger partial charge on any atom is 0.330 e. The number of methoxy groups -OCH3 is 1. The minimum absolute atomic E-state index is 0.223. The van der Waals surface area contributed by atoms with Crippen molar-refractivity contribution in [3.63, 3.8) is 0 Å². The van der Waals surface area contributed by atoms with Crippen molar-refractivity contribution < 1.29 is 14.3 Å². The standard InChI is InChI=1S/C12H13Cl2NO3/c1-12(2,11(17)18-3)15-10(16)8-5-4-7(13)6-9(8)14/h4-6H,1-3H3,(H,15,16). The van der Waals surface area contributed by atoms with Gasteiger partial charge in [0.05, 0.1) is 17.7 Å². The fourth-order valence-electron chi connectivity index (χ4n) is 1.33. The van der Waals surface area contributed by atoms with E-state index in [0.29, 0.717) is 5.02 Å². The minimum Gasteiger partial charge on any atom is -0.467 e. The first-order chi connectivity index (χ1) is 8.27. The van der Waals surface area contributed by atoms with Crippen LogP contribution in [-0.4, -0.2) is 24.5 Å². The fourth-order valence-corrected chi connectivity index (χ4v) is 1.83. The van der Waals surface area contributed by atoms with Crippen LogP contribution in [0, 0.1) is 0 Å². The molecular formula is C12H13Cl2NO3. The van der Waals surface area contributed by atoms with Crippen molar-refractivity contribution >= 4 is 35.1 Å². The van der Waals surface area contributed by atoms with Crippen molar-refractivity contribution in [2.75, 3.05) is 7.11 Å². The molecule has 0 radical (unpaired) electrons. The van der Waals surface area contributed by atoms with Crippen molar-refractivity contribution in [1.82, 2.24) is 5.32 Å². The highest BCUT2D eigenvalue weighted by Gasteiger charge is 2.31. The van der Waals surface area contributed by atoms with Gasteiger partial charge in [-0.2, -0.15) is 0 Å². The second-order valence-corrected chi connectivity index (χ2v) is 5.04. The third-order valence-corrected chi connectivity index (χ3v) is 2.85. The molecule has 1 aromatic carbocycles. The molecule has 0 fully saturated rings. The number of hydrogen-bond donors (Lipinski definition) is 1. The van der Waals surface area contributed by atoms with E-state index in [0.717, 1.165) is 0 Å². The monoisotopic (exact) mass is 289 g/mol.